The quantitative estimate of drug-likeness (QED) is 0.193. The van der Waals surface area contributed by atoms with E-state index in [2.05, 4.69) is 14.7 Å². The van der Waals surface area contributed by atoms with Gasteiger partial charge in [-0.15, -0.1) is 10.1 Å². The first kappa shape index (κ1) is 15.7. The van der Waals surface area contributed by atoms with Crippen LogP contribution in [0.3, 0.4) is 0 Å². The van der Waals surface area contributed by atoms with Gasteiger partial charge in [-0.1, -0.05) is 13.8 Å². The van der Waals surface area contributed by atoms with E-state index in [9.17, 15) is 14.9 Å². The molecule has 1 N–H and O–H groups in total. The number of nitrogens with zero attached hydrogens (tertiary/aromatic N) is 1. The monoisotopic (exact) mass is 247 g/mol. The molecule has 0 rings (SSSR count). The molecule has 0 aliphatic carbocycles. The second-order valence-corrected chi connectivity index (χ2v) is 3.47. The zero-order valence-electron chi connectivity index (χ0n) is 10.0. The van der Waals surface area contributed by atoms with Crippen molar-refractivity contribution in [2.24, 2.45) is 5.92 Å². The van der Waals surface area contributed by atoms with Crippen LogP contribution in [-0.4, -0.2) is 45.0 Å². The van der Waals surface area contributed by atoms with Crippen LogP contribution in [0.15, 0.2) is 0 Å². The Bertz CT molecular complexity index is 250. The molecule has 9 heteroatoms. The van der Waals surface area contributed by atoms with Crippen molar-refractivity contribution in [3.05, 3.63) is 10.1 Å². The first-order valence-electron chi connectivity index (χ1n) is 5.03. The summed E-state index contributed by atoms with van der Waals surface area (Å²) in [6.45, 7) is 3.21. The lowest BCUT2D eigenvalue weighted by Gasteiger charge is -2.19. The molecule has 8 nitrogen and oxygen atoms in total. The van der Waals surface area contributed by atoms with Crippen molar-refractivity contribution in [3.8, 4) is 0 Å². The fraction of sp³-hybridized carbons (Fsp3) is 0.875. The van der Waals surface area contributed by atoms with Gasteiger partial charge in [0.15, 0.2) is 0 Å². The summed E-state index contributed by atoms with van der Waals surface area (Å²) in [5, 5.41) is 11.6. The van der Waals surface area contributed by atoms with Crippen LogP contribution in [0.25, 0.3) is 0 Å². The van der Waals surface area contributed by atoms with Gasteiger partial charge in [-0.3, -0.25) is 4.79 Å². The van der Waals surface area contributed by atoms with Gasteiger partial charge in [0.25, 0.3) is 5.09 Å². The minimum Gasteiger partial charge on any atom is -0.462 e. The van der Waals surface area contributed by atoms with Gasteiger partial charge in [-0.05, 0) is 5.92 Å². The summed E-state index contributed by atoms with van der Waals surface area (Å²) in [5.74, 6) is -0.523. The number of esters is 1. The summed E-state index contributed by atoms with van der Waals surface area (Å²) >= 11 is 0. The van der Waals surface area contributed by atoms with E-state index >= 15 is 0 Å². The van der Waals surface area contributed by atoms with Crippen LogP contribution in [0.2, 0.25) is 0 Å². The molecule has 0 aliphatic rings. The normalized spacial score (nSPS) is 12.0. The maximum atomic E-state index is 11.5. The molecule has 97 valence electrons. The van der Waals surface area contributed by atoms with E-state index < -0.39 is 17.1 Å². The second kappa shape index (κ2) is 8.77. The Hall–Kier alpha value is -1.35. The van der Waals surface area contributed by atoms with Crippen molar-refractivity contribution in [1.82, 2.24) is 5.23 Å². The predicted molar refractivity (Wildman–Crippen MR) is 58.4 cm³/mol. The molecule has 0 saturated carbocycles. The van der Waals surface area contributed by atoms with Crippen LogP contribution in [0, 0.1) is 16.0 Å². The van der Waals surface area contributed by atoms with Gasteiger partial charge in [-0.25, -0.2) is 0 Å². The zero-order valence-corrected chi connectivity index (χ0v) is 10.0. The summed E-state index contributed by atoms with van der Waals surface area (Å²) < 4.78 is 9.48. The predicted octanol–water partition coefficient (Wildman–Crippen LogP) is -0.467. The number of ether oxygens (including phenoxy) is 1. The molecule has 0 bridgehead atoms. The van der Waals surface area contributed by atoms with Crippen molar-refractivity contribution in [3.63, 3.8) is 0 Å². The van der Waals surface area contributed by atoms with Gasteiger partial charge in [0, 0.05) is 7.11 Å². The van der Waals surface area contributed by atoms with E-state index in [0.29, 0.717) is 0 Å². The third kappa shape index (κ3) is 7.53. The SMILES string of the molecule is CO[B]NC(C(=O)OCCO[N+](=O)[O-])C(C)C. The molecule has 0 spiro atoms. The summed E-state index contributed by atoms with van der Waals surface area (Å²) in [7, 11) is 2.72. The lowest BCUT2D eigenvalue weighted by atomic mass is 10.0. The Labute approximate surface area is 100.0 Å². The number of hydrogen-bond acceptors (Lipinski definition) is 7. The van der Waals surface area contributed by atoms with E-state index in [1.54, 1.807) is 0 Å². The zero-order chi connectivity index (χ0) is 13.3. The third-order valence-electron chi connectivity index (χ3n) is 1.81. The minimum absolute atomic E-state index is 0.00895. The van der Waals surface area contributed by atoms with E-state index in [1.165, 1.54) is 14.7 Å². The van der Waals surface area contributed by atoms with E-state index in [1.807, 2.05) is 13.8 Å². The Morgan fingerprint density at radius 1 is 1.47 bits per heavy atom. The topological polar surface area (TPSA) is 99.9 Å². The molecule has 0 saturated heterocycles. The van der Waals surface area contributed by atoms with Crippen LogP contribution in [0.5, 0.6) is 0 Å². The van der Waals surface area contributed by atoms with Crippen LogP contribution < -0.4 is 5.23 Å². The maximum Gasteiger partial charge on any atom is 0.396 e. The first-order valence-corrected chi connectivity index (χ1v) is 5.03. The molecule has 17 heavy (non-hydrogen) atoms. The highest BCUT2D eigenvalue weighted by atomic mass is 17.0. The van der Waals surface area contributed by atoms with Crippen LogP contribution >= 0.6 is 0 Å². The highest BCUT2D eigenvalue weighted by Crippen LogP contribution is 2.03. The van der Waals surface area contributed by atoms with Gasteiger partial charge in [0.2, 0.25) is 0 Å². The van der Waals surface area contributed by atoms with E-state index in [0.717, 1.165) is 0 Å². The lowest BCUT2D eigenvalue weighted by molar-refractivity contribution is -0.757. The number of hydrogen-bond donors (Lipinski definition) is 1. The maximum absolute atomic E-state index is 11.5. The molecule has 0 aromatic carbocycles. The first-order chi connectivity index (χ1) is 7.99. The Kier molecular flexibility index (Phi) is 8.07. The van der Waals surface area contributed by atoms with Crippen LogP contribution in [0.4, 0.5) is 0 Å². The van der Waals surface area contributed by atoms with Gasteiger partial charge < -0.3 is 19.5 Å². The average Bonchev–Trinajstić information content (AvgIpc) is 2.24. The summed E-state index contributed by atoms with van der Waals surface area (Å²) in [6, 6.07) is -0.564. The van der Waals surface area contributed by atoms with Crippen molar-refractivity contribution >= 4 is 13.6 Å². The average molecular weight is 247 g/mol. The molecule has 0 amide bonds. The molecular formula is C8H16BN2O6. The highest BCUT2D eigenvalue weighted by molar-refractivity contribution is 6.24. The van der Waals surface area contributed by atoms with Crippen molar-refractivity contribution in [2.45, 2.75) is 19.9 Å². The summed E-state index contributed by atoms with van der Waals surface area (Å²) in [5.41, 5.74) is 0. The molecule has 0 aromatic heterocycles. The minimum atomic E-state index is -0.940. The molecular weight excluding hydrogens is 231 g/mol. The van der Waals surface area contributed by atoms with E-state index in [-0.39, 0.29) is 19.1 Å². The second-order valence-electron chi connectivity index (χ2n) is 3.47. The van der Waals surface area contributed by atoms with Gasteiger partial charge >= 0.3 is 13.6 Å². The molecule has 0 heterocycles. The Balaban J connectivity index is 3.93. The summed E-state index contributed by atoms with van der Waals surface area (Å²) in [4.78, 5) is 25.4. The summed E-state index contributed by atoms with van der Waals surface area (Å²) in [6.07, 6.45) is 0. The fourth-order valence-electron chi connectivity index (χ4n) is 1.02. The number of carbonyl (C=O) groups is 1. The standard InChI is InChI=1S/C8H16BN2O6/c1-6(2)7(10-9-15-3)8(12)16-4-5-17-11(13)14/h6-7,10H,4-5H2,1-3H3. The Morgan fingerprint density at radius 2 is 2.12 bits per heavy atom. The molecule has 0 aromatic rings. The third-order valence-corrected chi connectivity index (χ3v) is 1.81. The van der Waals surface area contributed by atoms with Crippen molar-refractivity contribution in [1.29, 1.82) is 0 Å². The smallest absolute Gasteiger partial charge is 0.396 e. The van der Waals surface area contributed by atoms with Gasteiger partial charge in [-0.2, -0.15) is 0 Å². The molecule has 1 atom stereocenters. The van der Waals surface area contributed by atoms with Crippen LogP contribution in [0.1, 0.15) is 13.8 Å². The number of rotatable bonds is 9. The highest BCUT2D eigenvalue weighted by Gasteiger charge is 2.23. The van der Waals surface area contributed by atoms with Crippen molar-refractivity contribution < 1.29 is 24.1 Å². The molecule has 0 aliphatic heterocycles. The lowest BCUT2D eigenvalue weighted by Crippen LogP contribution is -2.44. The van der Waals surface area contributed by atoms with Gasteiger partial charge in [0.05, 0.1) is 6.04 Å². The number of nitrogens with one attached hydrogen (secondary N) is 1. The molecule has 1 unspecified atom stereocenters. The van der Waals surface area contributed by atoms with Gasteiger partial charge in [0.1, 0.15) is 13.2 Å². The number of carbonyl (C=O) groups excluding carboxylic acids is 1. The molecule has 1 radical (unpaired) electrons. The Morgan fingerprint density at radius 3 is 2.59 bits per heavy atom. The van der Waals surface area contributed by atoms with Crippen molar-refractivity contribution in [2.75, 3.05) is 20.3 Å². The van der Waals surface area contributed by atoms with Crippen LogP contribution in [-0.2, 0) is 19.0 Å². The fourth-order valence-corrected chi connectivity index (χ4v) is 1.02. The largest absolute Gasteiger partial charge is 0.462 e. The molecule has 0 fully saturated rings. The van der Waals surface area contributed by atoms with E-state index in [4.69, 9.17) is 4.74 Å².